The van der Waals surface area contributed by atoms with Crippen LogP contribution in [0.25, 0.3) is 0 Å². The molecular formula is C21H19N3O4S2. The van der Waals surface area contributed by atoms with Gasteiger partial charge in [-0.15, -0.1) is 11.3 Å². The predicted molar refractivity (Wildman–Crippen MR) is 122 cm³/mol. The molecule has 0 saturated carbocycles. The van der Waals surface area contributed by atoms with Crippen molar-refractivity contribution in [2.24, 2.45) is 0 Å². The van der Waals surface area contributed by atoms with Gasteiger partial charge < -0.3 is 20.1 Å². The van der Waals surface area contributed by atoms with Crippen LogP contribution < -0.4 is 25.4 Å². The van der Waals surface area contributed by atoms with Crippen molar-refractivity contribution in [3.05, 3.63) is 70.4 Å². The first-order chi connectivity index (χ1) is 14.5. The highest BCUT2D eigenvalue weighted by atomic mass is 32.1. The fourth-order valence-electron chi connectivity index (χ4n) is 2.57. The molecule has 0 aliphatic carbocycles. The molecule has 1 aromatic heterocycles. The van der Waals surface area contributed by atoms with E-state index in [1.165, 1.54) is 25.6 Å². The number of carbonyl (C=O) groups is 2. The van der Waals surface area contributed by atoms with Gasteiger partial charge in [0.2, 0.25) is 0 Å². The molecule has 0 atom stereocenters. The highest BCUT2D eigenvalue weighted by Gasteiger charge is 2.13. The molecule has 0 saturated heterocycles. The first-order valence-corrected chi connectivity index (χ1v) is 10.1. The lowest BCUT2D eigenvalue weighted by molar-refractivity contribution is 0.0976. The summed E-state index contributed by atoms with van der Waals surface area (Å²) in [4.78, 5) is 25.2. The molecule has 9 heteroatoms. The Balaban J connectivity index is 1.65. The van der Waals surface area contributed by atoms with Crippen molar-refractivity contribution in [1.29, 1.82) is 0 Å². The smallest absolute Gasteiger partial charge is 0.265 e. The minimum absolute atomic E-state index is 0.125. The number of hydrogen-bond donors (Lipinski definition) is 3. The first kappa shape index (κ1) is 21.3. The summed E-state index contributed by atoms with van der Waals surface area (Å²) >= 11 is 6.58. The maximum Gasteiger partial charge on any atom is 0.265 e. The van der Waals surface area contributed by atoms with Crippen LogP contribution in [0.3, 0.4) is 0 Å². The number of benzene rings is 2. The van der Waals surface area contributed by atoms with Gasteiger partial charge in [-0.25, -0.2) is 0 Å². The van der Waals surface area contributed by atoms with Crippen LogP contribution in [-0.4, -0.2) is 31.1 Å². The van der Waals surface area contributed by atoms with E-state index in [0.717, 1.165) is 0 Å². The van der Waals surface area contributed by atoms with E-state index < -0.39 is 0 Å². The fraction of sp³-hybridized carbons (Fsp3) is 0.0952. The summed E-state index contributed by atoms with van der Waals surface area (Å²) in [6.45, 7) is 0. The number of carbonyl (C=O) groups excluding carboxylic acids is 2. The quantitative estimate of drug-likeness (QED) is 0.498. The number of thiocarbonyl (C=S) groups is 1. The van der Waals surface area contributed by atoms with Crippen LogP contribution >= 0.6 is 23.6 Å². The van der Waals surface area contributed by atoms with E-state index in [0.29, 0.717) is 33.3 Å². The Morgan fingerprint density at radius 1 is 0.933 bits per heavy atom. The molecule has 0 radical (unpaired) electrons. The summed E-state index contributed by atoms with van der Waals surface area (Å²) in [6.07, 6.45) is 0. The van der Waals surface area contributed by atoms with Crippen molar-refractivity contribution in [3.63, 3.8) is 0 Å². The van der Waals surface area contributed by atoms with Crippen LogP contribution in [0.2, 0.25) is 0 Å². The van der Waals surface area contributed by atoms with Gasteiger partial charge in [0.15, 0.2) is 5.11 Å². The normalized spacial score (nSPS) is 10.1. The SMILES string of the molecule is COc1cccc(C(=O)NC(=S)Nc2ccc(NC(=O)c3cccs3)c(OC)c2)c1. The second-order valence-corrected chi connectivity index (χ2v) is 7.34. The number of nitrogens with one attached hydrogen (secondary N) is 3. The van der Waals surface area contributed by atoms with Gasteiger partial charge in [0.05, 0.1) is 24.8 Å². The van der Waals surface area contributed by atoms with Gasteiger partial charge in [0.25, 0.3) is 11.8 Å². The topological polar surface area (TPSA) is 88.7 Å². The Labute approximate surface area is 183 Å². The molecule has 3 N–H and O–H groups in total. The molecular weight excluding hydrogens is 422 g/mol. The van der Waals surface area contributed by atoms with Gasteiger partial charge in [0.1, 0.15) is 11.5 Å². The predicted octanol–water partition coefficient (Wildman–Crippen LogP) is 4.14. The zero-order chi connectivity index (χ0) is 21.5. The van der Waals surface area contributed by atoms with Crippen LogP contribution in [0.4, 0.5) is 11.4 Å². The minimum atomic E-state index is -0.363. The molecule has 0 aliphatic rings. The molecule has 0 unspecified atom stereocenters. The highest BCUT2D eigenvalue weighted by Crippen LogP contribution is 2.28. The van der Waals surface area contributed by atoms with Gasteiger partial charge in [-0.3, -0.25) is 14.9 Å². The third-order valence-electron chi connectivity index (χ3n) is 4.01. The zero-order valence-electron chi connectivity index (χ0n) is 16.2. The number of hydrogen-bond acceptors (Lipinski definition) is 6. The summed E-state index contributed by atoms with van der Waals surface area (Å²) in [5.74, 6) is 0.446. The van der Waals surface area contributed by atoms with Crippen LogP contribution in [0.1, 0.15) is 20.0 Å². The lowest BCUT2D eigenvalue weighted by atomic mass is 10.2. The Hall–Kier alpha value is -3.43. The number of anilines is 2. The largest absolute Gasteiger partial charge is 0.497 e. The summed E-state index contributed by atoms with van der Waals surface area (Å²) in [6, 6.07) is 15.4. The maximum absolute atomic E-state index is 12.4. The van der Waals surface area contributed by atoms with Crippen molar-refractivity contribution in [3.8, 4) is 11.5 Å². The highest BCUT2D eigenvalue weighted by molar-refractivity contribution is 7.80. The molecule has 154 valence electrons. The first-order valence-electron chi connectivity index (χ1n) is 8.79. The summed E-state index contributed by atoms with van der Waals surface area (Å²) < 4.78 is 10.5. The van der Waals surface area contributed by atoms with Crippen molar-refractivity contribution in [2.45, 2.75) is 0 Å². The van der Waals surface area contributed by atoms with Crippen LogP contribution in [0.5, 0.6) is 11.5 Å². The monoisotopic (exact) mass is 441 g/mol. The van der Waals surface area contributed by atoms with E-state index in [-0.39, 0.29) is 16.9 Å². The van der Waals surface area contributed by atoms with Gasteiger partial charge in [0, 0.05) is 17.3 Å². The van der Waals surface area contributed by atoms with Crippen molar-refractivity contribution < 1.29 is 19.1 Å². The number of amides is 2. The number of thiophene rings is 1. The summed E-state index contributed by atoms with van der Waals surface area (Å²) in [5.41, 5.74) is 1.53. The molecule has 1 heterocycles. The number of methoxy groups -OCH3 is 2. The Bertz CT molecular complexity index is 1070. The van der Waals surface area contributed by atoms with Crippen molar-refractivity contribution in [2.75, 3.05) is 24.9 Å². The standard InChI is InChI=1S/C21H19N3O4S2/c1-27-15-6-3-5-13(11-15)19(25)24-21(29)22-14-8-9-16(17(12-14)28-2)23-20(26)18-7-4-10-30-18/h3-12H,1-2H3,(H,23,26)(H2,22,24,25,29). The Kier molecular flexibility index (Phi) is 6.99. The molecule has 3 rings (SSSR count). The summed E-state index contributed by atoms with van der Waals surface area (Å²) in [5, 5.41) is 10.3. The number of ether oxygens (including phenoxy) is 2. The van der Waals surface area contributed by atoms with E-state index >= 15 is 0 Å². The molecule has 7 nitrogen and oxygen atoms in total. The van der Waals surface area contributed by atoms with E-state index in [1.807, 2.05) is 11.4 Å². The van der Waals surface area contributed by atoms with E-state index in [9.17, 15) is 9.59 Å². The van der Waals surface area contributed by atoms with Crippen LogP contribution in [0.15, 0.2) is 60.0 Å². The minimum Gasteiger partial charge on any atom is -0.497 e. The lowest BCUT2D eigenvalue weighted by Gasteiger charge is -2.14. The molecule has 30 heavy (non-hydrogen) atoms. The van der Waals surface area contributed by atoms with Crippen molar-refractivity contribution in [1.82, 2.24) is 5.32 Å². The van der Waals surface area contributed by atoms with Crippen LogP contribution in [0, 0.1) is 0 Å². The maximum atomic E-state index is 12.4. The van der Waals surface area contributed by atoms with Gasteiger partial charge in [-0.1, -0.05) is 12.1 Å². The third kappa shape index (κ3) is 5.34. The Morgan fingerprint density at radius 2 is 1.77 bits per heavy atom. The second kappa shape index (κ2) is 9.86. The van der Waals surface area contributed by atoms with Gasteiger partial charge >= 0.3 is 0 Å². The molecule has 0 spiro atoms. The molecule has 2 amide bonds. The molecule has 0 aliphatic heterocycles. The van der Waals surface area contributed by atoms with Gasteiger partial charge in [-0.2, -0.15) is 0 Å². The van der Waals surface area contributed by atoms with E-state index in [1.54, 1.807) is 48.5 Å². The Morgan fingerprint density at radius 3 is 2.47 bits per heavy atom. The van der Waals surface area contributed by atoms with E-state index in [4.69, 9.17) is 21.7 Å². The van der Waals surface area contributed by atoms with Crippen molar-refractivity contribution >= 4 is 51.9 Å². The molecule has 0 bridgehead atoms. The van der Waals surface area contributed by atoms with E-state index in [2.05, 4.69) is 16.0 Å². The fourth-order valence-corrected chi connectivity index (χ4v) is 3.40. The van der Waals surface area contributed by atoms with Gasteiger partial charge in [-0.05, 0) is 54.0 Å². The molecule has 3 aromatic rings. The molecule has 0 fully saturated rings. The third-order valence-corrected chi connectivity index (χ3v) is 5.08. The second-order valence-electron chi connectivity index (χ2n) is 5.99. The summed E-state index contributed by atoms with van der Waals surface area (Å²) in [7, 11) is 3.03. The lowest BCUT2D eigenvalue weighted by Crippen LogP contribution is -2.34. The number of rotatable bonds is 6. The average molecular weight is 442 g/mol. The zero-order valence-corrected chi connectivity index (χ0v) is 17.9. The molecule has 2 aromatic carbocycles. The average Bonchev–Trinajstić information content (AvgIpc) is 3.29. The van der Waals surface area contributed by atoms with Crippen LogP contribution in [-0.2, 0) is 0 Å².